The number of benzene rings is 1. The highest BCUT2D eigenvalue weighted by Crippen LogP contribution is 2.28. The van der Waals surface area contributed by atoms with Crippen molar-refractivity contribution < 1.29 is 22.4 Å². The summed E-state index contributed by atoms with van der Waals surface area (Å²) in [5.41, 5.74) is 1.48. The van der Waals surface area contributed by atoms with Gasteiger partial charge in [-0.3, -0.25) is 4.79 Å². The molecule has 1 aromatic carbocycles. The fourth-order valence-electron chi connectivity index (χ4n) is 2.16. The molecular formula is C17H18INO5S. The van der Waals surface area contributed by atoms with Crippen LogP contribution in [0.25, 0.3) is 0 Å². The van der Waals surface area contributed by atoms with Gasteiger partial charge in [0.1, 0.15) is 11.8 Å². The molecule has 2 rings (SSSR count). The van der Waals surface area contributed by atoms with Crippen LogP contribution in [0.5, 0.6) is 0 Å². The minimum atomic E-state index is -3.81. The van der Waals surface area contributed by atoms with Crippen LogP contribution in [0.15, 0.2) is 61.6 Å². The van der Waals surface area contributed by atoms with Crippen molar-refractivity contribution in [1.29, 1.82) is 0 Å². The van der Waals surface area contributed by atoms with Gasteiger partial charge in [0.25, 0.3) is 0 Å². The lowest BCUT2D eigenvalue weighted by Gasteiger charge is -2.19. The molecule has 1 N–H and O–H groups in total. The minimum absolute atomic E-state index is 0.0543. The summed E-state index contributed by atoms with van der Waals surface area (Å²) in [6, 6.07) is 9.01. The molecule has 0 fully saturated rings. The quantitative estimate of drug-likeness (QED) is 0.490. The molecule has 2 aromatic rings. The molecule has 0 saturated heterocycles. The average Bonchev–Trinajstić information content (AvgIpc) is 3.12. The zero-order valence-corrected chi connectivity index (χ0v) is 16.7. The van der Waals surface area contributed by atoms with Gasteiger partial charge in [-0.05, 0) is 40.8 Å². The summed E-state index contributed by atoms with van der Waals surface area (Å²) in [7, 11) is -2.52. The lowest BCUT2D eigenvalue weighted by Crippen LogP contribution is -2.30. The number of aryl methyl sites for hydroxylation is 1. The van der Waals surface area contributed by atoms with Crippen molar-refractivity contribution in [1.82, 2.24) is 4.72 Å². The molecule has 8 heteroatoms. The van der Waals surface area contributed by atoms with Gasteiger partial charge in [0.2, 0.25) is 10.0 Å². The first-order valence-corrected chi connectivity index (χ1v) is 10.1. The Morgan fingerprint density at radius 3 is 2.52 bits per heavy atom. The van der Waals surface area contributed by atoms with Gasteiger partial charge in [0, 0.05) is 0 Å². The Hall–Kier alpha value is -1.65. The van der Waals surface area contributed by atoms with Crippen molar-refractivity contribution in [2.24, 2.45) is 0 Å². The third-order valence-electron chi connectivity index (χ3n) is 3.52. The van der Waals surface area contributed by atoms with Crippen LogP contribution in [0, 0.1) is 6.92 Å². The molecule has 25 heavy (non-hydrogen) atoms. The second kappa shape index (κ2) is 8.63. The molecule has 0 aliphatic heterocycles. The molecule has 1 unspecified atom stereocenters. The van der Waals surface area contributed by atoms with Gasteiger partial charge < -0.3 is 9.15 Å². The molecule has 1 atom stereocenters. The van der Waals surface area contributed by atoms with Crippen LogP contribution in [0.1, 0.15) is 23.8 Å². The fraction of sp³-hybridized carbons (Fsp3) is 0.235. The summed E-state index contributed by atoms with van der Waals surface area (Å²) in [4.78, 5) is 11.8. The number of methoxy groups -OCH3 is 1. The van der Waals surface area contributed by atoms with E-state index in [0.717, 1.165) is 5.56 Å². The van der Waals surface area contributed by atoms with Gasteiger partial charge in [0.05, 0.1) is 24.7 Å². The number of furan rings is 1. The number of halogens is 1. The summed E-state index contributed by atoms with van der Waals surface area (Å²) in [6.45, 7) is 1.88. The Kier molecular flexibility index (Phi) is 6.79. The first-order chi connectivity index (χ1) is 11.9. The van der Waals surface area contributed by atoms with E-state index in [1.54, 1.807) is 28.3 Å². The van der Waals surface area contributed by atoms with Gasteiger partial charge >= 0.3 is 5.97 Å². The maximum Gasteiger partial charge on any atom is 0.309 e. The SMILES string of the molecule is COC(=O)C/C(=C/I)C(NS(=O)(=O)c1ccc(C)cc1)c1ccco1. The molecular weight excluding hydrogens is 457 g/mol. The van der Waals surface area contributed by atoms with Crippen molar-refractivity contribution in [3.63, 3.8) is 0 Å². The molecule has 134 valence electrons. The summed E-state index contributed by atoms with van der Waals surface area (Å²) in [6.07, 6.45) is 1.40. The monoisotopic (exact) mass is 475 g/mol. The molecule has 0 aliphatic rings. The van der Waals surface area contributed by atoms with E-state index in [0.29, 0.717) is 11.3 Å². The first-order valence-electron chi connectivity index (χ1n) is 7.35. The topological polar surface area (TPSA) is 85.6 Å². The highest BCUT2D eigenvalue weighted by Gasteiger charge is 2.27. The molecule has 0 aliphatic carbocycles. The van der Waals surface area contributed by atoms with E-state index in [-0.39, 0.29) is 11.3 Å². The van der Waals surface area contributed by atoms with E-state index in [4.69, 9.17) is 4.42 Å². The number of hydrogen-bond acceptors (Lipinski definition) is 5. The van der Waals surface area contributed by atoms with Crippen LogP contribution in [0.4, 0.5) is 0 Å². The van der Waals surface area contributed by atoms with E-state index >= 15 is 0 Å². The van der Waals surface area contributed by atoms with Crippen molar-refractivity contribution in [3.8, 4) is 0 Å². The lowest BCUT2D eigenvalue weighted by molar-refractivity contribution is -0.139. The van der Waals surface area contributed by atoms with Gasteiger partial charge in [-0.15, -0.1) is 0 Å². The van der Waals surface area contributed by atoms with Gasteiger partial charge in [-0.1, -0.05) is 40.3 Å². The van der Waals surface area contributed by atoms with Crippen molar-refractivity contribution in [2.45, 2.75) is 24.3 Å². The number of hydrogen-bond donors (Lipinski definition) is 1. The number of carbonyl (C=O) groups is 1. The maximum absolute atomic E-state index is 12.7. The summed E-state index contributed by atoms with van der Waals surface area (Å²) < 4.78 is 39.8. The number of sulfonamides is 1. The number of esters is 1. The molecule has 6 nitrogen and oxygen atoms in total. The van der Waals surface area contributed by atoms with Crippen LogP contribution in [-0.4, -0.2) is 21.5 Å². The van der Waals surface area contributed by atoms with E-state index in [1.807, 2.05) is 29.5 Å². The Balaban J connectivity index is 2.36. The van der Waals surface area contributed by atoms with Crippen LogP contribution < -0.4 is 4.72 Å². The van der Waals surface area contributed by atoms with Crippen molar-refractivity contribution >= 4 is 38.6 Å². The largest absolute Gasteiger partial charge is 0.469 e. The summed E-state index contributed by atoms with van der Waals surface area (Å²) in [5.74, 6) is -0.0727. The van der Waals surface area contributed by atoms with E-state index in [1.165, 1.54) is 25.5 Å². The Morgan fingerprint density at radius 1 is 1.32 bits per heavy atom. The fourth-order valence-corrected chi connectivity index (χ4v) is 3.94. The Morgan fingerprint density at radius 2 is 2.00 bits per heavy atom. The number of nitrogens with one attached hydrogen (secondary N) is 1. The van der Waals surface area contributed by atoms with Crippen LogP contribution >= 0.6 is 22.6 Å². The zero-order chi connectivity index (χ0) is 18.4. The van der Waals surface area contributed by atoms with Crippen LogP contribution in [0.2, 0.25) is 0 Å². The molecule has 1 aromatic heterocycles. The Labute approximate surface area is 160 Å². The van der Waals surface area contributed by atoms with Crippen molar-refractivity contribution in [3.05, 3.63) is 63.6 Å². The number of rotatable bonds is 7. The third kappa shape index (κ3) is 5.16. The van der Waals surface area contributed by atoms with Gasteiger partial charge in [0.15, 0.2) is 0 Å². The predicted molar refractivity (Wildman–Crippen MR) is 102 cm³/mol. The van der Waals surface area contributed by atoms with Gasteiger partial charge in [-0.2, -0.15) is 4.72 Å². The Bertz CT molecular complexity index is 842. The van der Waals surface area contributed by atoms with Gasteiger partial charge in [-0.25, -0.2) is 8.42 Å². The van der Waals surface area contributed by atoms with E-state index in [9.17, 15) is 13.2 Å². The molecule has 0 bridgehead atoms. The standard InChI is InChI=1S/C17H18INO5S/c1-12-5-7-14(8-6-12)25(21,22)19-17(15-4-3-9-24-15)13(11-18)10-16(20)23-2/h3-9,11,17,19H,10H2,1-2H3/b13-11-. The second-order valence-corrected chi connectivity index (χ2v) is 7.66. The minimum Gasteiger partial charge on any atom is -0.469 e. The molecule has 0 spiro atoms. The first kappa shape index (κ1) is 19.7. The molecule has 1 heterocycles. The molecule has 0 radical (unpaired) electrons. The normalized spacial score (nSPS) is 13.5. The van der Waals surface area contributed by atoms with Crippen molar-refractivity contribution in [2.75, 3.05) is 7.11 Å². The number of carbonyl (C=O) groups excluding carboxylic acids is 1. The molecule has 0 saturated carbocycles. The predicted octanol–water partition coefficient (Wildman–Crippen LogP) is 3.49. The highest BCUT2D eigenvalue weighted by molar-refractivity contribution is 14.1. The maximum atomic E-state index is 12.7. The zero-order valence-electron chi connectivity index (χ0n) is 13.7. The second-order valence-electron chi connectivity index (χ2n) is 5.32. The number of ether oxygens (including phenoxy) is 1. The van der Waals surface area contributed by atoms with E-state index < -0.39 is 22.0 Å². The lowest BCUT2D eigenvalue weighted by atomic mass is 10.0. The molecule has 0 amide bonds. The van der Waals surface area contributed by atoms with Crippen LogP contribution in [-0.2, 0) is 19.6 Å². The van der Waals surface area contributed by atoms with Crippen LogP contribution in [0.3, 0.4) is 0 Å². The summed E-state index contributed by atoms with van der Waals surface area (Å²) in [5, 5.41) is 0. The average molecular weight is 475 g/mol. The third-order valence-corrected chi connectivity index (χ3v) is 5.76. The smallest absolute Gasteiger partial charge is 0.309 e. The highest BCUT2D eigenvalue weighted by atomic mass is 127. The van der Waals surface area contributed by atoms with E-state index in [2.05, 4.69) is 9.46 Å². The summed E-state index contributed by atoms with van der Waals surface area (Å²) >= 11 is 1.96.